The van der Waals surface area contributed by atoms with E-state index in [1.807, 2.05) is 32.2 Å². The number of allylic oxidation sites excluding steroid dienone is 4. The predicted octanol–water partition coefficient (Wildman–Crippen LogP) is 6.07. The molecule has 1 rings (SSSR count). The van der Waals surface area contributed by atoms with Crippen LogP contribution in [0.2, 0.25) is 0 Å². The molecular weight excluding hydrogens is 282 g/mol. The highest BCUT2D eigenvalue weighted by atomic mass is 16.5. The van der Waals surface area contributed by atoms with Crippen LogP contribution in [0, 0.1) is 5.92 Å². The fourth-order valence-electron chi connectivity index (χ4n) is 2.21. The molecule has 0 aliphatic heterocycles. The lowest BCUT2D eigenvalue weighted by Gasteiger charge is -2.16. The van der Waals surface area contributed by atoms with Crippen LogP contribution in [0.15, 0.2) is 59.8 Å². The van der Waals surface area contributed by atoms with Crippen molar-refractivity contribution in [3.63, 3.8) is 0 Å². The zero-order valence-electron chi connectivity index (χ0n) is 15.1. The van der Waals surface area contributed by atoms with Crippen molar-refractivity contribution < 1.29 is 4.74 Å². The Morgan fingerprint density at radius 3 is 2.43 bits per heavy atom. The molecule has 0 heterocycles. The molecule has 0 saturated carbocycles. The van der Waals surface area contributed by atoms with Crippen LogP contribution in [0.3, 0.4) is 0 Å². The molecule has 1 atom stereocenters. The van der Waals surface area contributed by atoms with Crippen LogP contribution in [0.25, 0.3) is 5.57 Å². The van der Waals surface area contributed by atoms with E-state index in [1.54, 1.807) is 7.11 Å². The molecule has 1 unspecified atom stereocenters. The summed E-state index contributed by atoms with van der Waals surface area (Å²) in [5, 5.41) is 0. The Labute approximate surface area is 141 Å². The summed E-state index contributed by atoms with van der Waals surface area (Å²) in [6.45, 7) is 12.2. The topological polar surface area (TPSA) is 21.6 Å². The van der Waals surface area contributed by atoms with E-state index in [0.717, 1.165) is 29.9 Å². The number of ether oxygens (including phenoxy) is 1. The maximum absolute atomic E-state index is 5.25. The quantitative estimate of drug-likeness (QED) is 0.422. The van der Waals surface area contributed by atoms with Crippen LogP contribution in [-0.4, -0.2) is 12.8 Å². The largest absolute Gasteiger partial charge is 0.497 e. The second-order valence-corrected chi connectivity index (χ2v) is 5.86. The van der Waals surface area contributed by atoms with E-state index in [0.29, 0.717) is 5.92 Å². The number of hydrogen-bond donors (Lipinski definition) is 0. The highest BCUT2D eigenvalue weighted by Crippen LogP contribution is 2.28. The minimum atomic E-state index is 0.432. The highest BCUT2D eigenvalue weighted by molar-refractivity contribution is 5.97. The van der Waals surface area contributed by atoms with Crippen molar-refractivity contribution in [2.24, 2.45) is 10.9 Å². The summed E-state index contributed by atoms with van der Waals surface area (Å²) >= 11 is 0. The third-order valence-electron chi connectivity index (χ3n) is 3.97. The number of hydrogen-bond acceptors (Lipinski definition) is 2. The van der Waals surface area contributed by atoms with E-state index in [9.17, 15) is 0 Å². The molecule has 1 aromatic carbocycles. The molecule has 2 heteroatoms. The van der Waals surface area contributed by atoms with Gasteiger partial charge in [0.25, 0.3) is 0 Å². The lowest BCUT2D eigenvalue weighted by Crippen LogP contribution is -2.00. The van der Waals surface area contributed by atoms with Crippen molar-refractivity contribution in [3.8, 4) is 5.75 Å². The molecule has 0 saturated heterocycles. The Kier molecular flexibility index (Phi) is 8.10. The number of aliphatic imine (C=N–C) groups is 1. The standard InChI is InChI=1S/C21H29NO/c1-7-8-9-10-17(4)21(15-22-18(5)16(2)3)19-11-13-20(23-6)14-12-19/h7-8,11-15,17H,2,9-10H2,1,3-6H3/b8-7-,21-15+,22-18?. The predicted molar refractivity (Wildman–Crippen MR) is 102 cm³/mol. The number of rotatable bonds is 8. The van der Waals surface area contributed by atoms with Crippen molar-refractivity contribution in [1.82, 2.24) is 0 Å². The minimum absolute atomic E-state index is 0.432. The third-order valence-corrected chi connectivity index (χ3v) is 3.97. The maximum atomic E-state index is 5.25. The zero-order chi connectivity index (χ0) is 17.2. The van der Waals surface area contributed by atoms with Crippen LogP contribution < -0.4 is 4.74 Å². The second-order valence-electron chi connectivity index (χ2n) is 5.86. The smallest absolute Gasteiger partial charge is 0.118 e. The third kappa shape index (κ3) is 6.27. The van der Waals surface area contributed by atoms with E-state index < -0.39 is 0 Å². The van der Waals surface area contributed by atoms with Gasteiger partial charge in [-0.3, -0.25) is 4.99 Å². The van der Waals surface area contributed by atoms with E-state index in [2.05, 4.69) is 49.7 Å². The summed E-state index contributed by atoms with van der Waals surface area (Å²) < 4.78 is 5.25. The lowest BCUT2D eigenvalue weighted by atomic mass is 9.91. The Hall–Kier alpha value is -2.09. The number of methoxy groups -OCH3 is 1. The molecule has 23 heavy (non-hydrogen) atoms. The van der Waals surface area contributed by atoms with Crippen molar-refractivity contribution in [1.29, 1.82) is 0 Å². The first kappa shape index (κ1) is 19.0. The summed E-state index contributed by atoms with van der Waals surface area (Å²) in [6.07, 6.45) is 8.49. The summed E-state index contributed by atoms with van der Waals surface area (Å²) in [6, 6.07) is 8.19. The van der Waals surface area contributed by atoms with Gasteiger partial charge in [0.1, 0.15) is 5.75 Å². The minimum Gasteiger partial charge on any atom is -0.497 e. The van der Waals surface area contributed by atoms with Gasteiger partial charge in [-0.25, -0.2) is 0 Å². The highest BCUT2D eigenvalue weighted by Gasteiger charge is 2.11. The normalized spacial score (nSPS) is 14.1. The van der Waals surface area contributed by atoms with Crippen molar-refractivity contribution in [2.75, 3.05) is 7.11 Å². The van der Waals surface area contributed by atoms with Gasteiger partial charge in [0.15, 0.2) is 0 Å². The summed E-state index contributed by atoms with van der Waals surface area (Å²) in [4.78, 5) is 4.60. The molecule has 124 valence electrons. The average Bonchev–Trinajstić information content (AvgIpc) is 2.55. The van der Waals surface area contributed by atoms with Crippen molar-refractivity contribution in [3.05, 3.63) is 60.3 Å². The van der Waals surface area contributed by atoms with Crippen LogP contribution in [-0.2, 0) is 0 Å². The van der Waals surface area contributed by atoms with Gasteiger partial charge in [-0.1, -0.05) is 37.8 Å². The molecule has 0 radical (unpaired) electrons. The Bertz CT molecular complexity index is 591. The monoisotopic (exact) mass is 311 g/mol. The first-order valence-corrected chi connectivity index (χ1v) is 8.15. The van der Waals surface area contributed by atoms with Gasteiger partial charge in [-0.15, -0.1) is 0 Å². The summed E-state index contributed by atoms with van der Waals surface area (Å²) in [5.41, 5.74) is 4.41. The molecular formula is C21H29NO. The van der Waals surface area contributed by atoms with E-state index in [4.69, 9.17) is 4.74 Å². The number of nitrogens with zero attached hydrogens (tertiary/aromatic N) is 1. The Morgan fingerprint density at radius 1 is 1.26 bits per heavy atom. The van der Waals surface area contributed by atoms with Gasteiger partial charge in [-0.2, -0.15) is 0 Å². The molecule has 2 nitrogen and oxygen atoms in total. The average molecular weight is 311 g/mol. The fourth-order valence-corrected chi connectivity index (χ4v) is 2.21. The van der Waals surface area contributed by atoms with Crippen LogP contribution in [0.1, 0.15) is 46.1 Å². The number of benzene rings is 1. The Balaban J connectivity index is 3.10. The molecule has 0 aliphatic carbocycles. The van der Waals surface area contributed by atoms with Gasteiger partial charge < -0.3 is 4.74 Å². The van der Waals surface area contributed by atoms with Gasteiger partial charge in [0, 0.05) is 11.9 Å². The van der Waals surface area contributed by atoms with Crippen molar-refractivity contribution >= 4 is 11.3 Å². The maximum Gasteiger partial charge on any atom is 0.118 e. The van der Waals surface area contributed by atoms with Crippen LogP contribution in [0.5, 0.6) is 5.75 Å². The molecule has 0 amide bonds. The molecule has 1 aromatic rings. The first-order chi connectivity index (χ1) is 11.0. The molecule has 0 N–H and O–H groups in total. The SMILES string of the molecule is C=C(C)C(C)=N/C=C(/c1ccc(OC)cc1)C(C)CC/C=C\C. The molecule has 0 bridgehead atoms. The second kappa shape index (κ2) is 9.83. The van der Waals surface area contributed by atoms with Gasteiger partial charge in [0.05, 0.1) is 7.11 Å². The summed E-state index contributed by atoms with van der Waals surface area (Å²) in [7, 11) is 1.69. The Morgan fingerprint density at radius 2 is 1.91 bits per heavy atom. The molecule has 0 fully saturated rings. The lowest BCUT2D eigenvalue weighted by molar-refractivity contribution is 0.414. The van der Waals surface area contributed by atoms with Crippen molar-refractivity contribution in [2.45, 2.75) is 40.5 Å². The first-order valence-electron chi connectivity index (χ1n) is 8.15. The molecule has 0 spiro atoms. The van der Waals surface area contributed by atoms with Crippen LogP contribution >= 0.6 is 0 Å². The van der Waals surface area contributed by atoms with Gasteiger partial charge in [-0.05, 0) is 68.4 Å². The molecule has 0 aromatic heterocycles. The zero-order valence-corrected chi connectivity index (χ0v) is 15.1. The fraction of sp³-hybridized carbons (Fsp3) is 0.381. The van der Waals surface area contributed by atoms with E-state index >= 15 is 0 Å². The van der Waals surface area contributed by atoms with E-state index in [-0.39, 0.29) is 0 Å². The van der Waals surface area contributed by atoms with Crippen LogP contribution in [0.4, 0.5) is 0 Å². The van der Waals surface area contributed by atoms with Gasteiger partial charge in [0.2, 0.25) is 0 Å². The van der Waals surface area contributed by atoms with E-state index in [1.165, 1.54) is 11.1 Å². The summed E-state index contributed by atoms with van der Waals surface area (Å²) in [5.74, 6) is 1.30. The van der Waals surface area contributed by atoms with Gasteiger partial charge >= 0.3 is 0 Å². The molecule has 0 aliphatic rings.